The van der Waals surface area contributed by atoms with E-state index >= 15 is 0 Å². The average molecular weight is 409 g/mol. The highest BCUT2D eigenvalue weighted by atomic mass is 19.4. The Morgan fingerprint density at radius 2 is 1.41 bits per heavy atom. The number of hydrogen-bond acceptors (Lipinski definition) is 2. The molecule has 0 aromatic carbocycles. The van der Waals surface area contributed by atoms with Gasteiger partial charge in [-0.15, -0.1) is 0 Å². The van der Waals surface area contributed by atoms with Crippen LogP contribution in [0.2, 0.25) is 0 Å². The van der Waals surface area contributed by atoms with Crippen LogP contribution in [0.3, 0.4) is 0 Å². The van der Waals surface area contributed by atoms with Gasteiger partial charge < -0.3 is 0 Å². The topological polar surface area (TPSA) is 37.4 Å². The smallest absolute Gasteiger partial charge is 0.275 e. The van der Waals surface area contributed by atoms with Gasteiger partial charge in [0.2, 0.25) is 5.67 Å². The lowest BCUT2D eigenvalue weighted by molar-refractivity contribution is -0.378. The number of alkyl halides is 9. The lowest BCUT2D eigenvalue weighted by Gasteiger charge is -2.38. The molecule has 2 aliphatic rings. The normalized spacial score (nSPS) is 24.2. The predicted molar refractivity (Wildman–Crippen MR) is 72.5 cm³/mol. The molecule has 1 aliphatic heterocycles. The van der Waals surface area contributed by atoms with Crippen molar-refractivity contribution in [2.24, 2.45) is 0 Å². The zero-order chi connectivity index (χ0) is 21.1. The number of nitrogens with zero attached hydrogens (tertiary/aromatic N) is 1. The van der Waals surface area contributed by atoms with E-state index in [2.05, 4.69) is 6.58 Å². The summed E-state index contributed by atoms with van der Waals surface area (Å²) in [6, 6.07) is 0. The van der Waals surface area contributed by atoms with Gasteiger partial charge in [0.15, 0.2) is 0 Å². The molecule has 1 fully saturated rings. The molecule has 1 saturated carbocycles. The first-order valence-electron chi connectivity index (χ1n) is 7.45. The first-order chi connectivity index (χ1) is 12.0. The number of carbonyl (C=O) groups is 2. The SMILES string of the molecule is C=C1CC1(F)C(F)(F)C(F)(F)C(F)(F)C(F)(F)CCCN1C(=O)C=CC1=O. The van der Waals surface area contributed by atoms with E-state index in [1.165, 1.54) is 0 Å². The summed E-state index contributed by atoms with van der Waals surface area (Å²) >= 11 is 0. The molecule has 3 nitrogen and oxygen atoms in total. The molecule has 0 saturated heterocycles. The Kier molecular flexibility index (Phi) is 4.73. The summed E-state index contributed by atoms with van der Waals surface area (Å²) in [6.07, 6.45) is -2.94. The van der Waals surface area contributed by atoms with Gasteiger partial charge in [0, 0.05) is 31.5 Å². The molecule has 2 amide bonds. The van der Waals surface area contributed by atoms with Gasteiger partial charge in [0.05, 0.1) is 0 Å². The molecule has 0 spiro atoms. The van der Waals surface area contributed by atoms with Gasteiger partial charge in [0.1, 0.15) is 0 Å². The van der Waals surface area contributed by atoms with Crippen LogP contribution in [-0.4, -0.2) is 52.6 Å². The molecule has 1 aliphatic carbocycles. The van der Waals surface area contributed by atoms with Crippen LogP contribution in [0, 0.1) is 0 Å². The minimum absolute atomic E-state index is 0.381. The van der Waals surface area contributed by atoms with Crippen LogP contribution < -0.4 is 0 Å². The highest BCUT2D eigenvalue weighted by Gasteiger charge is 2.87. The van der Waals surface area contributed by atoms with Crippen LogP contribution in [0.5, 0.6) is 0 Å². The van der Waals surface area contributed by atoms with Crippen LogP contribution in [0.1, 0.15) is 19.3 Å². The summed E-state index contributed by atoms with van der Waals surface area (Å²) in [5.41, 5.74) is -5.30. The van der Waals surface area contributed by atoms with Crippen molar-refractivity contribution >= 4 is 11.8 Å². The van der Waals surface area contributed by atoms with Crippen LogP contribution >= 0.6 is 0 Å². The maximum Gasteiger partial charge on any atom is 0.381 e. The van der Waals surface area contributed by atoms with Gasteiger partial charge in [-0.05, 0) is 12.0 Å². The Morgan fingerprint density at radius 3 is 1.81 bits per heavy atom. The molecule has 1 unspecified atom stereocenters. The van der Waals surface area contributed by atoms with Crippen molar-refractivity contribution in [3.63, 3.8) is 0 Å². The maximum absolute atomic E-state index is 13.7. The molecule has 27 heavy (non-hydrogen) atoms. The molecule has 1 heterocycles. The standard InChI is InChI=1S/C15H12F9NO2/c1-8-7-11(8,16)13(19,20)15(23,24)14(21,22)12(17,18)5-2-6-25-9(26)3-4-10(25)27/h3-4H,1-2,5-7H2. The summed E-state index contributed by atoms with van der Waals surface area (Å²) < 4.78 is 123. The van der Waals surface area contributed by atoms with Crippen LogP contribution in [0.15, 0.2) is 24.3 Å². The van der Waals surface area contributed by atoms with Crippen LogP contribution in [0.4, 0.5) is 39.5 Å². The van der Waals surface area contributed by atoms with E-state index in [1.54, 1.807) is 0 Å². The van der Waals surface area contributed by atoms with Crippen LogP contribution in [-0.2, 0) is 9.59 Å². The van der Waals surface area contributed by atoms with E-state index in [4.69, 9.17) is 0 Å². The summed E-state index contributed by atoms with van der Waals surface area (Å²) in [7, 11) is 0. The summed E-state index contributed by atoms with van der Waals surface area (Å²) in [5.74, 6) is -27.0. The maximum atomic E-state index is 13.7. The number of halogens is 9. The van der Waals surface area contributed by atoms with E-state index in [1.807, 2.05) is 0 Å². The number of amides is 2. The van der Waals surface area contributed by atoms with Gasteiger partial charge in [-0.1, -0.05) is 6.58 Å². The molecule has 0 radical (unpaired) electrons. The van der Waals surface area contributed by atoms with Crippen molar-refractivity contribution in [3.8, 4) is 0 Å². The fraction of sp³-hybridized carbons (Fsp3) is 0.600. The lowest BCUT2D eigenvalue weighted by atomic mass is 9.92. The quantitative estimate of drug-likeness (QED) is 0.347. The third-order valence-corrected chi connectivity index (χ3v) is 4.41. The van der Waals surface area contributed by atoms with E-state index in [0.29, 0.717) is 4.90 Å². The molecule has 152 valence electrons. The number of carbonyl (C=O) groups excluding carboxylic acids is 2. The molecule has 0 aromatic rings. The molecular formula is C15H12F9NO2. The molecule has 2 rings (SSSR count). The minimum atomic E-state index is -6.72. The zero-order valence-electron chi connectivity index (χ0n) is 13.4. The van der Waals surface area contributed by atoms with Crippen molar-refractivity contribution < 1.29 is 49.1 Å². The van der Waals surface area contributed by atoms with E-state index in [0.717, 1.165) is 12.2 Å². The number of imide groups is 1. The highest BCUT2D eigenvalue weighted by Crippen LogP contribution is 2.65. The fourth-order valence-corrected chi connectivity index (χ4v) is 2.53. The van der Waals surface area contributed by atoms with Crippen molar-refractivity contribution in [2.45, 2.75) is 48.6 Å². The first-order valence-corrected chi connectivity index (χ1v) is 7.45. The predicted octanol–water partition coefficient (Wildman–Crippen LogP) is 3.90. The van der Waals surface area contributed by atoms with Gasteiger partial charge in [-0.3, -0.25) is 14.5 Å². The number of rotatable bonds is 8. The third-order valence-electron chi connectivity index (χ3n) is 4.41. The van der Waals surface area contributed by atoms with Gasteiger partial charge in [-0.25, -0.2) is 4.39 Å². The van der Waals surface area contributed by atoms with Gasteiger partial charge in [0.25, 0.3) is 11.8 Å². The van der Waals surface area contributed by atoms with Crippen molar-refractivity contribution in [1.82, 2.24) is 4.90 Å². The fourth-order valence-electron chi connectivity index (χ4n) is 2.53. The Balaban J connectivity index is 2.14. The molecular weight excluding hydrogens is 397 g/mol. The summed E-state index contributed by atoms with van der Waals surface area (Å²) in [5, 5.41) is 0. The van der Waals surface area contributed by atoms with E-state index in [-0.39, 0.29) is 0 Å². The number of hydrogen-bond donors (Lipinski definition) is 0. The Morgan fingerprint density at radius 1 is 0.963 bits per heavy atom. The third kappa shape index (κ3) is 2.92. The van der Waals surface area contributed by atoms with E-state index in [9.17, 15) is 49.1 Å². The number of allylic oxidation sites excluding steroid dienone is 1. The van der Waals surface area contributed by atoms with Crippen molar-refractivity contribution in [2.75, 3.05) is 6.54 Å². The van der Waals surface area contributed by atoms with Gasteiger partial charge >= 0.3 is 23.7 Å². The second kappa shape index (κ2) is 5.99. The van der Waals surface area contributed by atoms with Crippen LogP contribution in [0.25, 0.3) is 0 Å². The molecule has 0 N–H and O–H groups in total. The zero-order valence-corrected chi connectivity index (χ0v) is 13.4. The van der Waals surface area contributed by atoms with Crippen molar-refractivity contribution in [1.29, 1.82) is 0 Å². The highest BCUT2D eigenvalue weighted by molar-refractivity contribution is 6.12. The second-order valence-corrected chi connectivity index (χ2v) is 6.27. The largest absolute Gasteiger partial charge is 0.381 e. The monoisotopic (exact) mass is 409 g/mol. The van der Waals surface area contributed by atoms with Crippen molar-refractivity contribution in [3.05, 3.63) is 24.3 Å². The van der Waals surface area contributed by atoms with Gasteiger partial charge in [-0.2, -0.15) is 35.1 Å². The molecule has 1 atom stereocenters. The second-order valence-electron chi connectivity index (χ2n) is 6.27. The van der Waals surface area contributed by atoms with E-state index < -0.39 is 72.6 Å². The summed E-state index contributed by atoms with van der Waals surface area (Å²) in [6.45, 7) is 1.84. The summed E-state index contributed by atoms with van der Waals surface area (Å²) in [4.78, 5) is 22.8. The Bertz CT molecular complexity index is 698. The average Bonchev–Trinajstić information content (AvgIpc) is 3.05. The first kappa shape index (κ1) is 21.3. The minimum Gasteiger partial charge on any atom is -0.275 e. The molecule has 12 heteroatoms. The molecule has 0 aromatic heterocycles. The Hall–Kier alpha value is -2.01. The lowest BCUT2D eigenvalue weighted by Crippen LogP contribution is -2.65. The Labute approximate surface area is 146 Å². The molecule has 0 bridgehead atoms.